The molecule has 0 unspecified atom stereocenters. The maximum absolute atomic E-state index is 11.9. The van der Waals surface area contributed by atoms with Crippen LogP contribution in [-0.2, 0) is 16.4 Å². The summed E-state index contributed by atoms with van der Waals surface area (Å²) in [5.74, 6) is 0.247. The predicted octanol–water partition coefficient (Wildman–Crippen LogP) is 1.39. The van der Waals surface area contributed by atoms with E-state index in [0.29, 0.717) is 11.4 Å². The van der Waals surface area contributed by atoms with Crippen LogP contribution in [0.2, 0.25) is 0 Å². The van der Waals surface area contributed by atoms with Crippen LogP contribution in [0, 0.1) is 0 Å². The zero-order chi connectivity index (χ0) is 14.8. The van der Waals surface area contributed by atoms with E-state index in [2.05, 4.69) is 5.32 Å². The van der Waals surface area contributed by atoms with Gasteiger partial charge in [-0.2, -0.15) is 0 Å². The summed E-state index contributed by atoms with van der Waals surface area (Å²) in [5.41, 5.74) is 5.87. The molecule has 0 saturated carbocycles. The van der Waals surface area contributed by atoms with Crippen LogP contribution >= 0.6 is 0 Å². The van der Waals surface area contributed by atoms with Gasteiger partial charge in [0.15, 0.2) is 15.6 Å². The highest BCUT2D eigenvalue weighted by atomic mass is 32.2. The number of benzene rings is 1. The van der Waals surface area contributed by atoms with E-state index in [1.54, 1.807) is 6.07 Å². The number of nitrogens with two attached hydrogens (primary N) is 1. The summed E-state index contributed by atoms with van der Waals surface area (Å²) in [4.78, 5) is 12.1. The third-order valence-corrected chi connectivity index (χ3v) is 3.76. The van der Waals surface area contributed by atoms with Crippen molar-refractivity contribution in [3.05, 3.63) is 47.9 Å². The highest BCUT2D eigenvalue weighted by Crippen LogP contribution is 2.15. The Labute approximate surface area is 116 Å². The first-order valence-electron chi connectivity index (χ1n) is 5.80. The first kappa shape index (κ1) is 14.3. The topological polar surface area (TPSA) is 102 Å². The van der Waals surface area contributed by atoms with E-state index in [1.807, 2.05) is 0 Å². The normalized spacial score (nSPS) is 11.3. The lowest BCUT2D eigenvalue weighted by atomic mass is 10.3. The van der Waals surface area contributed by atoms with Gasteiger partial charge in [-0.15, -0.1) is 0 Å². The number of carbonyl (C=O) groups is 1. The van der Waals surface area contributed by atoms with Crippen LogP contribution in [0.3, 0.4) is 0 Å². The molecule has 2 rings (SSSR count). The van der Waals surface area contributed by atoms with Gasteiger partial charge in [0.2, 0.25) is 0 Å². The van der Waals surface area contributed by atoms with Gasteiger partial charge in [-0.05, 0) is 36.4 Å². The van der Waals surface area contributed by atoms with Gasteiger partial charge >= 0.3 is 0 Å². The number of sulfone groups is 1. The third-order valence-electron chi connectivity index (χ3n) is 2.63. The molecule has 2 aromatic rings. The molecule has 0 bridgehead atoms. The molecule has 0 spiro atoms. The van der Waals surface area contributed by atoms with E-state index >= 15 is 0 Å². The van der Waals surface area contributed by atoms with Gasteiger partial charge in [-0.25, -0.2) is 8.42 Å². The van der Waals surface area contributed by atoms with Crippen LogP contribution in [0.1, 0.15) is 16.3 Å². The Balaban J connectivity index is 2.12. The van der Waals surface area contributed by atoms with Crippen LogP contribution in [-0.4, -0.2) is 20.6 Å². The van der Waals surface area contributed by atoms with Crippen LogP contribution in [0.25, 0.3) is 0 Å². The average Bonchev–Trinajstić information content (AvgIpc) is 2.87. The molecule has 0 atom stereocenters. The first-order chi connectivity index (χ1) is 9.40. The molecule has 0 aliphatic rings. The number of furan rings is 1. The molecular weight excluding hydrogens is 280 g/mol. The van der Waals surface area contributed by atoms with Crippen molar-refractivity contribution in [1.29, 1.82) is 0 Å². The SMILES string of the molecule is CS(=O)(=O)c1ccc(NC(=O)c2ccc(CN)o2)cc1. The predicted molar refractivity (Wildman–Crippen MR) is 74.1 cm³/mol. The Hall–Kier alpha value is -2.12. The number of hydrogen-bond donors (Lipinski definition) is 2. The fourth-order valence-corrected chi connectivity index (χ4v) is 2.22. The van der Waals surface area contributed by atoms with Crippen molar-refractivity contribution in [1.82, 2.24) is 0 Å². The van der Waals surface area contributed by atoms with E-state index < -0.39 is 15.7 Å². The van der Waals surface area contributed by atoms with E-state index in [9.17, 15) is 13.2 Å². The Bertz CT molecular complexity index is 717. The number of carbonyl (C=O) groups excluding carboxylic acids is 1. The minimum Gasteiger partial charge on any atom is -0.455 e. The molecule has 0 radical (unpaired) electrons. The molecular formula is C13H14N2O4S. The number of rotatable bonds is 4. The Kier molecular flexibility index (Phi) is 3.91. The van der Waals surface area contributed by atoms with E-state index in [0.717, 1.165) is 6.26 Å². The van der Waals surface area contributed by atoms with E-state index in [4.69, 9.17) is 10.2 Å². The average molecular weight is 294 g/mol. The molecule has 3 N–H and O–H groups in total. The number of anilines is 1. The maximum atomic E-state index is 11.9. The van der Waals surface area contributed by atoms with Gasteiger partial charge in [0.05, 0.1) is 11.4 Å². The minimum atomic E-state index is -3.25. The van der Waals surface area contributed by atoms with Gasteiger partial charge in [0, 0.05) is 11.9 Å². The second-order valence-electron chi connectivity index (χ2n) is 4.22. The Morgan fingerprint density at radius 1 is 1.20 bits per heavy atom. The molecule has 7 heteroatoms. The molecule has 0 aliphatic heterocycles. The van der Waals surface area contributed by atoms with Crippen LogP contribution in [0.5, 0.6) is 0 Å². The van der Waals surface area contributed by atoms with Gasteiger partial charge in [0.25, 0.3) is 5.91 Å². The van der Waals surface area contributed by atoms with E-state index in [-0.39, 0.29) is 17.2 Å². The van der Waals surface area contributed by atoms with Crippen molar-refractivity contribution < 1.29 is 17.6 Å². The van der Waals surface area contributed by atoms with Crippen molar-refractivity contribution >= 4 is 21.4 Å². The molecule has 6 nitrogen and oxygen atoms in total. The Morgan fingerprint density at radius 3 is 2.35 bits per heavy atom. The van der Waals surface area contributed by atoms with Crippen molar-refractivity contribution in [2.75, 3.05) is 11.6 Å². The summed E-state index contributed by atoms with van der Waals surface area (Å²) in [6.07, 6.45) is 1.12. The van der Waals surface area contributed by atoms with E-state index in [1.165, 1.54) is 30.3 Å². The fraction of sp³-hybridized carbons (Fsp3) is 0.154. The molecule has 0 aliphatic carbocycles. The summed E-state index contributed by atoms with van der Waals surface area (Å²) in [7, 11) is -3.25. The van der Waals surface area contributed by atoms with Crippen molar-refractivity contribution in [3.63, 3.8) is 0 Å². The monoisotopic (exact) mass is 294 g/mol. The fourth-order valence-electron chi connectivity index (χ4n) is 1.59. The molecule has 1 amide bonds. The lowest BCUT2D eigenvalue weighted by Crippen LogP contribution is -2.11. The summed E-state index contributed by atoms with van der Waals surface area (Å²) in [6.45, 7) is 0.219. The quantitative estimate of drug-likeness (QED) is 0.887. The Morgan fingerprint density at radius 2 is 1.85 bits per heavy atom. The summed E-state index contributed by atoms with van der Waals surface area (Å²) in [5, 5.41) is 2.61. The molecule has 1 aromatic carbocycles. The van der Waals surface area contributed by atoms with Crippen molar-refractivity contribution in [3.8, 4) is 0 Å². The molecule has 0 fully saturated rings. The minimum absolute atomic E-state index is 0.151. The smallest absolute Gasteiger partial charge is 0.291 e. The number of hydrogen-bond acceptors (Lipinski definition) is 5. The van der Waals surface area contributed by atoms with Gasteiger partial charge in [-0.3, -0.25) is 4.79 Å². The van der Waals surface area contributed by atoms with Gasteiger partial charge in [0.1, 0.15) is 5.76 Å². The highest BCUT2D eigenvalue weighted by Gasteiger charge is 2.12. The van der Waals surface area contributed by atoms with Gasteiger partial charge < -0.3 is 15.5 Å². The van der Waals surface area contributed by atoms with Gasteiger partial charge in [-0.1, -0.05) is 0 Å². The third kappa shape index (κ3) is 3.25. The van der Waals surface area contributed by atoms with Crippen LogP contribution in [0.4, 0.5) is 5.69 Å². The van der Waals surface area contributed by atoms with Crippen LogP contribution in [0.15, 0.2) is 45.7 Å². The van der Waals surface area contributed by atoms with Crippen molar-refractivity contribution in [2.45, 2.75) is 11.4 Å². The molecule has 0 saturated heterocycles. The second-order valence-corrected chi connectivity index (χ2v) is 6.24. The number of amides is 1. The standard InChI is InChI=1S/C13H14N2O4S/c1-20(17,18)11-5-2-9(3-6-11)15-13(16)12-7-4-10(8-14)19-12/h2-7H,8,14H2,1H3,(H,15,16). The van der Waals surface area contributed by atoms with Crippen LogP contribution < -0.4 is 11.1 Å². The lowest BCUT2D eigenvalue weighted by molar-refractivity contribution is 0.0995. The summed E-state index contributed by atoms with van der Waals surface area (Å²) >= 11 is 0. The largest absolute Gasteiger partial charge is 0.455 e. The maximum Gasteiger partial charge on any atom is 0.291 e. The lowest BCUT2D eigenvalue weighted by Gasteiger charge is -2.04. The molecule has 1 aromatic heterocycles. The summed E-state index contributed by atoms with van der Waals surface area (Å²) in [6, 6.07) is 9.04. The molecule has 106 valence electrons. The first-order valence-corrected chi connectivity index (χ1v) is 7.69. The zero-order valence-corrected chi connectivity index (χ0v) is 11.6. The molecule has 1 heterocycles. The van der Waals surface area contributed by atoms with Crippen molar-refractivity contribution in [2.24, 2.45) is 5.73 Å². The highest BCUT2D eigenvalue weighted by molar-refractivity contribution is 7.90. The molecule has 20 heavy (non-hydrogen) atoms. The summed E-state index contributed by atoms with van der Waals surface area (Å²) < 4.78 is 27.8. The second kappa shape index (κ2) is 5.48. The zero-order valence-electron chi connectivity index (χ0n) is 10.8. The number of nitrogens with one attached hydrogen (secondary N) is 1.